The van der Waals surface area contributed by atoms with Crippen molar-refractivity contribution < 1.29 is 4.39 Å². The first-order valence-electron chi connectivity index (χ1n) is 6.28. The van der Waals surface area contributed by atoms with Gasteiger partial charge in [0.25, 0.3) is 0 Å². The Bertz CT molecular complexity index is 545. The lowest BCUT2D eigenvalue weighted by Crippen LogP contribution is -1.95. The lowest BCUT2D eigenvalue weighted by atomic mass is 9.91. The third-order valence-corrected chi connectivity index (χ3v) is 3.24. The number of halogens is 1. The fourth-order valence-corrected chi connectivity index (χ4v) is 2.27. The van der Waals surface area contributed by atoms with Crippen LogP contribution in [0.15, 0.2) is 30.3 Å². The van der Waals surface area contributed by atoms with Crippen LogP contribution in [0.3, 0.4) is 0 Å². The van der Waals surface area contributed by atoms with Crippen molar-refractivity contribution in [3.8, 4) is 11.1 Å². The zero-order valence-electron chi connectivity index (χ0n) is 11.3. The van der Waals surface area contributed by atoms with Gasteiger partial charge in [0.15, 0.2) is 0 Å². The lowest BCUT2D eigenvalue weighted by molar-refractivity contribution is 0.609. The molecule has 2 rings (SSSR count). The van der Waals surface area contributed by atoms with Crippen molar-refractivity contribution in [2.24, 2.45) is 0 Å². The summed E-state index contributed by atoms with van der Waals surface area (Å²) in [5.41, 5.74) is 4.77. The maximum atomic E-state index is 13.7. The topological polar surface area (TPSA) is 0 Å². The quantitative estimate of drug-likeness (QED) is 0.691. The van der Waals surface area contributed by atoms with Crippen molar-refractivity contribution >= 4 is 0 Å². The van der Waals surface area contributed by atoms with Crippen molar-refractivity contribution in [1.29, 1.82) is 0 Å². The number of hydrogen-bond donors (Lipinski definition) is 0. The predicted molar refractivity (Wildman–Crippen MR) is 74.2 cm³/mol. The second kappa shape index (κ2) is 4.93. The molecule has 0 unspecified atom stereocenters. The third-order valence-electron chi connectivity index (χ3n) is 3.24. The molecule has 1 radical (unpaired) electrons. The summed E-state index contributed by atoms with van der Waals surface area (Å²) >= 11 is 0. The highest BCUT2D eigenvalue weighted by Crippen LogP contribution is 2.30. The minimum atomic E-state index is -0.110. The summed E-state index contributed by atoms with van der Waals surface area (Å²) in [4.78, 5) is 0. The molecule has 0 spiro atoms. The molecule has 0 bridgehead atoms. The van der Waals surface area contributed by atoms with Crippen molar-refractivity contribution in [3.63, 3.8) is 0 Å². The second-order valence-corrected chi connectivity index (χ2v) is 5.08. The van der Waals surface area contributed by atoms with E-state index in [4.69, 9.17) is 0 Å². The van der Waals surface area contributed by atoms with Crippen LogP contribution >= 0.6 is 0 Å². The van der Waals surface area contributed by atoms with Crippen molar-refractivity contribution in [1.82, 2.24) is 0 Å². The van der Waals surface area contributed by atoms with E-state index in [2.05, 4.69) is 26.0 Å². The van der Waals surface area contributed by atoms with Crippen LogP contribution in [0, 0.1) is 25.7 Å². The van der Waals surface area contributed by atoms with Crippen LogP contribution in [-0.4, -0.2) is 0 Å². The molecule has 18 heavy (non-hydrogen) atoms. The van der Waals surface area contributed by atoms with Gasteiger partial charge in [-0.25, -0.2) is 4.39 Å². The van der Waals surface area contributed by atoms with Gasteiger partial charge >= 0.3 is 0 Å². The highest BCUT2D eigenvalue weighted by Gasteiger charge is 2.11. The van der Waals surface area contributed by atoms with E-state index < -0.39 is 0 Å². The third kappa shape index (κ3) is 2.31. The van der Waals surface area contributed by atoms with E-state index in [1.807, 2.05) is 38.1 Å². The molecule has 0 atom stereocenters. The van der Waals surface area contributed by atoms with Gasteiger partial charge in [-0.2, -0.15) is 0 Å². The van der Waals surface area contributed by atoms with Gasteiger partial charge in [0.05, 0.1) is 0 Å². The van der Waals surface area contributed by atoms with E-state index in [0.717, 1.165) is 11.1 Å². The standard InChI is InChI=1S/C17H18F/c1-11(2)15-7-5-6-8-16(15)14-9-12(3)17(18)13(4)10-14/h5-7,9-11H,1-4H3. The summed E-state index contributed by atoms with van der Waals surface area (Å²) in [6.07, 6.45) is 0. The molecule has 0 aliphatic rings. The molecular weight excluding hydrogens is 223 g/mol. The largest absolute Gasteiger partial charge is 0.206 e. The maximum Gasteiger partial charge on any atom is 0.129 e. The molecule has 0 fully saturated rings. The van der Waals surface area contributed by atoms with Crippen LogP contribution in [0.25, 0.3) is 11.1 Å². The van der Waals surface area contributed by atoms with Crippen molar-refractivity contribution in [2.45, 2.75) is 33.6 Å². The zero-order valence-corrected chi connectivity index (χ0v) is 11.3. The molecule has 0 heterocycles. The first-order chi connectivity index (χ1) is 8.50. The summed E-state index contributed by atoms with van der Waals surface area (Å²) in [6.45, 7) is 7.94. The Morgan fingerprint density at radius 1 is 1.11 bits per heavy atom. The number of hydrogen-bond acceptors (Lipinski definition) is 0. The Morgan fingerprint density at radius 3 is 2.28 bits per heavy atom. The van der Waals surface area contributed by atoms with Gasteiger partial charge in [0.2, 0.25) is 0 Å². The number of benzene rings is 2. The Kier molecular flexibility index (Phi) is 3.51. The summed E-state index contributed by atoms with van der Waals surface area (Å²) in [5, 5.41) is 0. The van der Waals surface area contributed by atoms with Gasteiger partial charge < -0.3 is 0 Å². The monoisotopic (exact) mass is 241 g/mol. The fourth-order valence-electron chi connectivity index (χ4n) is 2.27. The first-order valence-corrected chi connectivity index (χ1v) is 6.28. The summed E-state index contributed by atoms with van der Waals surface area (Å²) in [5.74, 6) is 0.323. The average Bonchev–Trinajstić information content (AvgIpc) is 2.35. The average molecular weight is 241 g/mol. The van der Waals surface area contributed by atoms with Crippen LogP contribution in [-0.2, 0) is 0 Å². The maximum absolute atomic E-state index is 13.7. The Balaban J connectivity index is 2.62. The van der Waals surface area contributed by atoms with Crippen LogP contribution in [0.4, 0.5) is 4.39 Å². The van der Waals surface area contributed by atoms with Crippen LogP contribution in [0.5, 0.6) is 0 Å². The first kappa shape index (κ1) is 12.8. The number of aryl methyl sites for hydroxylation is 2. The second-order valence-electron chi connectivity index (χ2n) is 5.08. The van der Waals surface area contributed by atoms with Crippen LogP contribution in [0.1, 0.15) is 36.5 Å². The normalized spacial score (nSPS) is 11.0. The predicted octanol–water partition coefficient (Wildman–Crippen LogP) is 5.03. The van der Waals surface area contributed by atoms with E-state index in [9.17, 15) is 4.39 Å². The lowest BCUT2D eigenvalue weighted by Gasteiger charge is -2.14. The van der Waals surface area contributed by atoms with Gasteiger partial charge in [0, 0.05) is 0 Å². The SMILES string of the molecule is Cc1cc(-c2[c]cccc2C(C)C)cc(C)c1F. The molecule has 0 N–H and O–H groups in total. The van der Waals surface area contributed by atoms with E-state index in [1.165, 1.54) is 5.56 Å². The van der Waals surface area contributed by atoms with E-state index in [1.54, 1.807) is 0 Å². The molecule has 0 amide bonds. The molecule has 0 saturated carbocycles. The minimum absolute atomic E-state index is 0.110. The molecule has 2 aromatic rings. The van der Waals surface area contributed by atoms with Gasteiger partial charge in [-0.15, -0.1) is 0 Å². The molecule has 0 nitrogen and oxygen atoms in total. The molecule has 2 aromatic carbocycles. The molecule has 93 valence electrons. The van der Waals surface area contributed by atoms with Crippen molar-refractivity contribution in [2.75, 3.05) is 0 Å². The van der Waals surface area contributed by atoms with E-state index in [-0.39, 0.29) is 5.82 Å². The van der Waals surface area contributed by atoms with Crippen molar-refractivity contribution in [3.05, 3.63) is 58.9 Å². The van der Waals surface area contributed by atoms with Gasteiger partial charge in [-0.1, -0.05) is 32.0 Å². The van der Waals surface area contributed by atoms with E-state index in [0.29, 0.717) is 17.0 Å². The highest BCUT2D eigenvalue weighted by molar-refractivity contribution is 5.69. The molecular formula is C17H18F. The van der Waals surface area contributed by atoms with E-state index >= 15 is 0 Å². The molecule has 0 aromatic heterocycles. The Hall–Kier alpha value is -1.63. The smallest absolute Gasteiger partial charge is 0.129 e. The Labute approximate surface area is 108 Å². The van der Waals surface area contributed by atoms with Crippen LogP contribution < -0.4 is 0 Å². The Morgan fingerprint density at radius 2 is 1.72 bits per heavy atom. The molecule has 0 aliphatic carbocycles. The van der Waals surface area contributed by atoms with Gasteiger partial charge in [0.1, 0.15) is 5.82 Å². The van der Waals surface area contributed by atoms with Crippen LogP contribution in [0.2, 0.25) is 0 Å². The molecule has 0 aliphatic heterocycles. The zero-order chi connectivity index (χ0) is 13.3. The molecule has 1 heteroatoms. The van der Waals surface area contributed by atoms with Gasteiger partial charge in [-0.05, 0) is 65.8 Å². The minimum Gasteiger partial charge on any atom is -0.206 e. The summed E-state index contributed by atoms with van der Waals surface area (Å²) < 4.78 is 13.7. The summed E-state index contributed by atoms with van der Waals surface area (Å²) in [6, 6.07) is 13.1. The highest BCUT2D eigenvalue weighted by atomic mass is 19.1. The fraction of sp³-hybridized carbons (Fsp3) is 0.294. The van der Waals surface area contributed by atoms with Gasteiger partial charge in [-0.3, -0.25) is 0 Å². The number of rotatable bonds is 2. The molecule has 0 saturated heterocycles. The summed E-state index contributed by atoms with van der Waals surface area (Å²) in [7, 11) is 0.